The summed E-state index contributed by atoms with van der Waals surface area (Å²) in [6.07, 6.45) is -3.70. The minimum atomic E-state index is -4.42. The molecule has 1 N–H and O–H groups in total. The Morgan fingerprint density at radius 1 is 1.22 bits per heavy atom. The lowest BCUT2D eigenvalue weighted by Gasteiger charge is -2.13. The molecule has 1 unspecified atom stereocenters. The minimum Gasteiger partial charge on any atom is -0.388 e. The van der Waals surface area contributed by atoms with Crippen LogP contribution in [0.1, 0.15) is 35.3 Å². The van der Waals surface area contributed by atoms with E-state index in [9.17, 15) is 18.0 Å². The van der Waals surface area contributed by atoms with Gasteiger partial charge in [0.05, 0.1) is 11.8 Å². The highest BCUT2D eigenvalue weighted by molar-refractivity contribution is 6.20. The van der Waals surface area contributed by atoms with Crippen LogP contribution < -0.4 is 5.32 Å². The van der Waals surface area contributed by atoms with Gasteiger partial charge >= 0.3 is 6.18 Å². The molecule has 0 aliphatic carbocycles. The third-order valence-corrected chi connectivity index (χ3v) is 3.88. The summed E-state index contributed by atoms with van der Waals surface area (Å²) >= 11 is 0. The summed E-state index contributed by atoms with van der Waals surface area (Å²) in [6, 6.07) is 11.9. The summed E-state index contributed by atoms with van der Waals surface area (Å²) in [5.74, 6) is -0.325. The second-order valence-electron chi connectivity index (χ2n) is 5.75. The topological polar surface area (TPSA) is 50.7 Å². The molecule has 0 saturated heterocycles. The minimum absolute atomic E-state index is 0.269. The molecule has 0 aliphatic rings. The Hall–Kier alpha value is -3.09. The summed E-state index contributed by atoms with van der Waals surface area (Å²) in [4.78, 5) is 17.1. The number of oxime groups is 1. The van der Waals surface area contributed by atoms with Crippen LogP contribution in [0.3, 0.4) is 0 Å². The van der Waals surface area contributed by atoms with Crippen molar-refractivity contribution in [3.05, 3.63) is 77.4 Å². The van der Waals surface area contributed by atoms with Crippen LogP contribution in [0.15, 0.2) is 60.3 Å². The SMILES string of the molecule is C=C(C(=O)NC)c1ccccc1C=NOC(C)c1cccc(C(F)(F)F)c1. The molecule has 0 radical (unpaired) electrons. The number of nitrogens with zero attached hydrogens (tertiary/aromatic N) is 1. The van der Waals surface area contributed by atoms with Gasteiger partial charge in [-0.15, -0.1) is 0 Å². The molecular weight excluding hydrogens is 357 g/mol. The van der Waals surface area contributed by atoms with Gasteiger partial charge in [-0.1, -0.05) is 48.1 Å². The van der Waals surface area contributed by atoms with Crippen molar-refractivity contribution in [3.8, 4) is 0 Å². The van der Waals surface area contributed by atoms with Gasteiger partial charge < -0.3 is 10.2 Å². The summed E-state index contributed by atoms with van der Waals surface area (Å²) < 4.78 is 38.4. The molecule has 1 amide bonds. The summed E-state index contributed by atoms with van der Waals surface area (Å²) in [7, 11) is 1.50. The van der Waals surface area contributed by atoms with Gasteiger partial charge in [0.15, 0.2) is 0 Å². The zero-order valence-corrected chi connectivity index (χ0v) is 14.9. The van der Waals surface area contributed by atoms with E-state index in [1.807, 2.05) is 0 Å². The fourth-order valence-electron chi connectivity index (χ4n) is 2.36. The molecule has 2 rings (SSSR count). The molecule has 2 aromatic carbocycles. The summed E-state index contributed by atoms with van der Waals surface area (Å²) in [5.41, 5.74) is 1.06. The average molecular weight is 376 g/mol. The van der Waals surface area contributed by atoms with Crippen LogP contribution in [0.4, 0.5) is 13.2 Å². The molecule has 0 spiro atoms. The van der Waals surface area contributed by atoms with E-state index in [1.165, 1.54) is 25.4 Å². The molecule has 27 heavy (non-hydrogen) atoms. The van der Waals surface area contributed by atoms with Crippen LogP contribution in [0.2, 0.25) is 0 Å². The molecular formula is C20H19F3N2O2. The fraction of sp³-hybridized carbons (Fsp3) is 0.200. The van der Waals surface area contributed by atoms with Crippen LogP contribution in [-0.4, -0.2) is 19.2 Å². The van der Waals surface area contributed by atoms with Crippen LogP contribution in [0, 0.1) is 0 Å². The van der Waals surface area contributed by atoms with Gasteiger partial charge in [-0.2, -0.15) is 13.2 Å². The lowest BCUT2D eigenvalue weighted by atomic mass is 10.0. The first-order chi connectivity index (χ1) is 12.7. The van der Waals surface area contributed by atoms with Gasteiger partial charge in [-0.3, -0.25) is 4.79 Å². The number of rotatable bonds is 6. The molecule has 142 valence electrons. The van der Waals surface area contributed by atoms with Crippen molar-refractivity contribution < 1.29 is 22.8 Å². The zero-order valence-electron chi connectivity index (χ0n) is 14.9. The maximum absolute atomic E-state index is 12.8. The number of alkyl halides is 3. The van der Waals surface area contributed by atoms with Crippen LogP contribution in [0.25, 0.3) is 5.57 Å². The molecule has 0 fully saturated rings. The van der Waals surface area contributed by atoms with Crippen molar-refractivity contribution in [3.63, 3.8) is 0 Å². The second kappa shape index (κ2) is 8.53. The highest BCUT2D eigenvalue weighted by Crippen LogP contribution is 2.31. The molecule has 0 heterocycles. The van der Waals surface area contributed by atoms with Crippen molar-refractivity contribution >= 4 is 17.7 Å². The lowest BCUT2D eigenvalue weighted by molar-refractivity contribution is -0.137. The summed E-state index contributed by atoms with van der Waals surface area (Å²) in [5, 5.41) is 6.36. The van der Waals surface area contributed by atoms with Gasteiger partial charge in [0.25, 0.3) is 5.91 Å². The highest BCUT2D eigenvalue weighted by Gasteiger charge is 2.30. The quantitative estimate of drug-likeness (QED) is 0.456. The number of hydrogen-bond donors (Lipinski definition) is 1. The number of likely N-dealkylation sites (N-methyl/N-ethyl adjacent to an activating group) is 1. The molecule has 0 aromatic heterocycles. The van der Waals surface area contributed by atoms with Gasteiger partial charge in [-0.05, 0) is 30.2 Å². The molecule has 0 saturated carbocycles. The van der Waals surface area contributed by atoms with E-state index in [2.05, 4.69) is 17.1 Å². The largest absolute Gasteiger partial charge is 0.416 e. The fourth-order valence-corrected chi connectivity index (χ4v) is 2.36. The maximum Gasteiger partial charge on any atom is 0.416 e. The Morgan fingerprint density at radius 2 is 1.93 bits per heavy atom. The second-order valence-corrected chi connectivity index (χ2v) is 5.75. The van der Waals surface area contributed by atoms with E-state index in [1.54, 1.807) is 31.2 Å². The molecule has 2 aromatic rings. The smallest absolute Gasteiger partial charge is 0.388 e. The van der Waals surface area contributed by atoms with Crippen molar-refractivity contribution in [2.75, 3.05) is 7.05 Å². The van der Waals surface area contributed by atoms with E-state index < -0.39 is 17.8 Å². The lowest BCUT2D eigenvalue weighted by Crippen LogP contribution is -2.19. The first-order valence-electron chi connectivity index (χ1n) is 8.10. The number of carbonyl (C=O) groups excluding carboxylic acids is 1. The number of benzene rings is 2. The van der Waals surface area contributed by atoms with E-state index >= 15 is 0 Å². The third kappa shape index (κ3) is 5.20. The van der Waals surface area contributed by atoms with Crippen LogP contribution in [0.5, 0.6) is 0 Å². The predicted molar refractivity (Wildman–Crippen MR) is 98.1 cm³/mol. The monoisotopic (exact) mass is 376 g/mol. The van der Waals surface area contributed by atoms with Crippen molar-refractivity contribution in [2.45, 2.75) is 19.2 Å². The molecule has 0 aliphatic heterocycles. The Kier molecular flexibility index (Phi) is 6.39. The van der Waals surface area contributed by atoms with E-state index in [0.29, 0.717) is 16.7 Å². The summed E-state index contributed by atoms with van der Waals surface area (Å²) in [6.45, 7) is 5.36. The number of nitrogens with one attached hydrogen (secondary N) is 1. The van der Waals surface area contributed by atoms with Gasteiger partial charge in [0.2, 0.25) is 0 Å². The Balaban J connectivity index is 2.14. The van der Waals surface area contributed by atoms with Crippen molar-refractivity contribution in [2.24, 2.45) is 5.16 Å². The highest BCUT2D eigenvalue weighted by atomic mass is 19.4. The molecule has 4 nitrogen and oxygen atoms in total. The number of hydrogen-bond acceptors (Lipinski definition) is 3. The van der Waals surface area contributed by atoms with E-state index in [-0.39, 0.29) is 11.5 Å². The number of amides is 1. The number of halogens is 3. The van der Waals surface area contributed by atoms with Crippen molar-refractivity contribution in [1.82, 2.24) is 5.32 Å². The van der Waals surface area contributed by atoms with Crippen molar-refractivity contribution in [1.29, 1.82) is 0 Å². The Labute approximate surface area is 155 Å². The van der Waals surface area contributed by atoms with Crippen LogP contribution in [-0.2, 0) is 15.8 Å². The standard InChI is InChI=1S/C20H19F3N2O2/c1-13(19(26)24-3)18-10-5-4-7-16(18)12-25-27-14(2)15-8-6-9-17(11-15)20(21,22)23/h4-12,14H,1H2,2-3H3,(H,24,26). The van der Waals surface area contributed by atoms with Gasteiger partial charge in [0.1, 0.15) is 6.10 Å². The first kappa shape index (κ1) is 20.2. The Morgan fingerprint density at radius 3 is 2.59 bits per heavy atom. The first-order valence-corrected chi connectivity index (χ1v) is 8.10. The predicted octanol–water partition coefficient (Wildman–Crippen LogP) is 4.58. The molecule has 1 atom stereocenters. The van der Waals surface area contributed by atoms with Crippen LogP contribution >= 0.6 is 0 Å². The zero-order chi connectivity index (χ0) is 20.0. The van der Waals surface area contributed by atoms with Gasteiger partial charge in [-0.25, -0.2) is 0 Å². The van der Waals surface area contributed by atoms with E-state index in [4.69, 9.17) is 4.84 Å². The molecule has 7 heteroatoms. The third-order valence-electron chi connectivity index (χ3n) is 3.88. The normalized spacial score (nSPS) is 12.6. The number of carbonyl (C=O) groups is 1. The van der Waals surface area contributed by atoms with Gasteiger partial charge in [0, 0.05) is 18.2 Å². The molecule has 0 bridgehead atoms. The van der Waals surface area contributed by atoms with E-state index in [0.717, 1.165) is 12.1 Å². The Bertz CT molecular complexity index is 860. The average Bonchev–Trinajstić information content (AvgIpc) is 2.66. The maximum atomic E-state index is 12.8.